The number of hydrogen-bond donors (Lipinski definition) is 0. The summed E-state index contributed by atoms with van der Waals surface area (Å²) < 4.78 is 6.91. The van der Waals surface area contributed by atoms with Crippen molar-refractivity contribution >= 4 is 45.3 Å². The Morgan fingerprint density at radius 1 is 0.788 bits per heavy atom. The molecular weight excluding hydrogens is 597 g/mol. The van der Waals surface area contributed by atoms with Crippen LogP contribution in [0.3, 0.4) is 0 Å². The Kier molecular flexibility index (Phi) is 5.93. The van der Waals surface area contributed by atoms with Gasteiger partial charge >= 0.3 is 206 Å². The summed E-state index contributed by atoms with van der Waals surface area (Å²) in [5.41, 5.74) is 9.44. The van der Waals surface area contributed by atoms with Gasteiger partial charge in [-0.3, -0.25) is 0 Å². The number of nitrogens with zero attached hydrogens (tertiary/aromatic N) is 2. The van der Waals surface area contributed by atoms with Gasteiger partial charge in [0, 0.05) is 0 Å². The maximum atomic E-state index is 2.48. The molecule has 5 rings (SSSR count). The van der Waals surface area contributed by atoms with E-state index in [0.29, 0.717) is 0 Å². The first-order valence-corrected chi connectivity index (χ1v) is 16.6. The first-order chi connectivity index (χ1) is 16.0. The van der Waals surface area contributed by atoms with Gasteiger partial charge in [-0.25, -0.2) is 0 Å². The Hall–Kier alpha value is -2.77. The van der Waals surface area contributed by atoms with Crippen molar-refractivity contribution in [2.24, 2.45) is 0 Å². The third-order valence-corrected chi connectivity index (χ3v) is 16.2. The Morgan fingerprint density at radius 3 is 2.21 bits per heavy atom. The number of anilines is 1. The predicted molar refractivity (Wildman–Crippen MR) is 144 cm³/mol. The van der Waals surface area contributed by atoms with Gasteiger partial charge in [0.15, 0.2) is 0 Å². The number of hydrogen-bond acceptors (Lipinski definition) is 1. The maximum absolute atomic E-state index is 2.54. The fraction of sp³-hybridized carbons (Fsp3) is 0.167. The van der Waals surface area contributed by atoms with Crippen molar-refractivity contribution in [1.82, 2.24) is 0 Å². The van der Waals surface area contributed by atoms with E-state index in [9.17, 15) is 0 Å². The minimum atomic E-state index is -2.54. The van der Waals surface area contributed by atoms with Crippen molar-refractivity contribution in [2.75, 3.05) is 33.1 Å². The standard InChI is InChI=1S/C24H25N2.C6H5.Bi/c1-18-8-6-7-9-23(18)24(19-10-14-21(15-11-19)25(2)3)20-12-16-22(17-13-20)26(4)5;1-2-4-6-5-3-1;/h6-10,12,14-17H,1-5H3;1-5H;/q+1;;. The molecule has 0 amide bonds. The molecule has 1 heterocycles. The van der Waals surface area contributed by atoms with Gasteiger partial charge < -0.3 is 0 Å². The average molecular weight is 628 g/mol. The summed E-state index contributed by atoms with van der Waals surface area (Å²) in [7, 11) is 8.56. The SMILES string of the molecule is Cc1ccccc1C1=C2C=CC(=[N+](C)C)C=[C]2[Bi]([c]2ccccc2)[c]2cc(N(C)C)ccc21. The summed E-state index contributed by atoms with van der Waals surface area (Å²) in [4.78, 5) is 2.23. The van der Waals surface area contributed by atoms with Crippen molar-refractivity contribution in [2.45, 2.75) is 6.92 Å². The molecule has 164 valence electrons. The quantitative estimate of drug-likeness (QED) is 0.312. The molecule has 0 saturated heterocycles. The van der Waals surface area contributed by atoms with E-state index in [1.54, 1.807) is 6.55 Å². The normalized spacial score (nSPS) is 15.2. The van der Waals surface area contributed by atoms with Gasteiger partial charge in [-0.05, 0) is 0 Å². The van der Waals surface area contributed by atoms with Crippen molar-refractivity contribution < 1.29 is 4.58 Å². The molecule has 1 aliphatic heterocycles. The van der Waals surface area contributed by atoms with Crippen molar-refractivity contribution in [1.29, 1.82) is 0 Å². The average Bonchev–Trinajstić information content (AvgIpc) is 2.82. The summed E-state index contributed by atoms with van der Waals surface area (Å²) in [5, 5.41) is 0. The zero-order valence-corrected chi connectivity index (χ0v) is 23.5. The van der Waals surface area contributed by atoms with Gasteiger partial charge in [-0.2, -0.15) is 0 Å². The molecule has 3 aromatic carbocycles. The third-order valence-electron chi connectivity index (χ3n) is 6.44. The molecule has 0 bridgehead atoms. The fourth-order valence-corrected chi connectivity index (χ4v) is 15.0. The second-order valence-electron chi connectivity index (χ2n) is 9.05. The van der Waals surface area contributed by atoms with Gasteiger partial charge in [-0.15, -0.1) is 0 Å². The molecule has 0 saturated carbocycles. The summed E-state index contributed by atoms with van der Waals surface area (Å²) >= 11 is -2.54. The van der Waals surface area contributed by atoms with E-state index >= 15 is 0 Å². The number of allylic oxidation sites excluding steroid dienone is 5. The Morgan fingerprint density at radius 2 is 1.52 bits per heavy atom. The zero-order chi connectivity index (χ0) is 23.1. The molecule has 0 N–H and O–H groups in total. The molecule has 0 unspecified atom stereocenters. The number of rotatable bonds is 3. The zero-order valence-electron chi connectivity index (χ0n) is 20.0. The molecule has 0 radical (unpaired) electrons. The first-order valence-electron chi connectivity index (χ1n) is 11.4. The molecule has 0 fully saturated rings. The van der Waals surface area contributed by atoms with E-state index in [1.807, 2.05) is 0 Å². The number of aryl methyl sites for hydroxylation is 1. The van der Waals surface area contributed by atoms with Crippen LogP contribution in [0.1, 0.15) is 16.7 Å². The molecule has 0 atom stereocenters. The molecule has 2 nitrogen and oxygen atoms in total. The van der Waals surface area contributed by atoms with Crippen LogP contribution < -0.4 is 11.4 Å². The van der Waals surface area contributed by atoms with Crippen LogP contribution in [-0.4, -0.2) is 60.2 Å². The number of benzene rings is 3. The molecule has 2 aliphatic rings. The van der Waals surface area contributed by atoms with Gasteiger partial charge in [0.05, 0.1) is 0 Å². The predicted octanol–water partition coefficient (Wildman–Crippen LogP) is 4.23. The van der Waals surface area contributed by atoms with E-state index in [0.717, 1.165) is 0 Å². The summed E-state index contributed by atoms with van der Waals surface area (Å²) in [6.07, 6.45) is 7.13. The van der Waals surface area contributed by atoms with Crippen LogP contribution >= 0.6 is 0 Å². The molecular formula is C30H30BiN2+. The van der Waals surface area contributed by atoms with Crippen LogP contribution in [0.5, 0.6) is 0 Å². The monoisotopic (exact) mass is 627 g/mol. The topological polar surface area (TPSA) is 6.25 Å². The van der Waals surface area contributed by atoms with Crippen LogP contribution in [0.4, 0.5) is 5.69 Å². The van der Waals surface area contributed by atoms with Crippen LogP contribution in [0.15, 0.2) is 99.9 Å². The first kappa shape index (κ1) is 22.0. The number of fused-ring (bicyclic) bond motifs is 2. The van der Waals surface area contributed by atoms with Gasteiger partial charge in [0.25, 0.3) is 0 Å². The molecule has 3 heteroatoms. The van der Waals surface area contributed by atoms with Crippen LogP contribution in [0, 0.1) is 6.92 Å². The minimum absolute atomic E-state index is 1.28. The van der Waals surface area contributed by atoms with Crippen molar-refractivity contribution in [3.63, 3.8) is 0 Å². The molecule has 3 aromatic rings. The molecule has 0 spiro atoms. The summed E-state index contributed by atoms with van der Waals surface area (Å²) in [6.45, 7) is 2.23. The molecule has 1 aliphatic carbocycles. The second kappa shape index (κ2) is 8.88. The van der Waals surface area contributed by atoms with Crippen molar-refractivity contribution in [3.8, 4) is 0 Å². The fourth-order valence-electron chi connectivity index (χ4n) is 4.66. The second-order valence-corrected chi connectivity index (χ2v) is 17.4. The summed E-state index contributed by atoms with van der Waals surface area (Å²) in [5.74, 6) is 0. The van der Waals surface area contributed by atoms with E-state index in [2.05, 4.69) is 136 Å². The van der Waals surface area contributed by atoms with E-state index in [1.165, 1.54) is 42.5 Å². The van der Waals surface area contributed by atoms with E-state index in [-0.39, 0.29) is 0 Å². The Balaban J connectivity index is 1.89. The molecule has 0 aromatic heterocycles. The van der Waals surface area contributed by atoms with Gasteiger partial charge in [-0.1, -0.05) is 0 Å². The summed E-state index contributed by atoms with van der Waals surface area (Å²) in [6, 6.07) is 27.2. The Bertz CT molecular complexity index is 1350. The van der Waals surface area contributed by atoms with Crippen molar-refractivity contribution in [3.05, 3.63) is 117 Å². The Labute approximate surface area is 205 Å². The van der Waals surface area contributed by atoms with Gasteiger partial charge in [0.1, 0.15) is 0 Å². The van der Waals surface area contributed by atoms with Gasteiger partial charge in [0.2, 0.25) is 0 Å². The van der Waals surface area contributed by atoms with E-state index < -0.39 is 21.8 Å². The molecule has 33 heavy (non-hydrogen) atoms. The van der Waals surface area contributed by atoms with Crippen LogP contribution in [0.25, 0.3) is 5.57 Å². The third kappa shape index (κ3) is 3.93. The van der Waals surface area contributed by atoms with Crippen LogP contribution in [0.2, 0.25) is 0 Å². The van der Waals surface area contributed by atoms with Crippen LogP contribution in [-0.2, 0) is 0 Å². The van der Waals surface area contributed by atoms with E-state index in [4.69, 9.17) is 0 Å².